The maximum atomic E-state index is 12.7. The summed E-state index contributed by atoms with van der Waals surface area (Å²) in [6.07, 6.45) is 1.43. The Kier molecular flexibility index (Phi) is 5.04. The Morgan fingerprint density at radius 2 is 2.04 bits per heavy atom. The molecule has 1 unspecified atom stereocenters. The molecule has 0 aliphatic carbocycles. The van der Waals surface area contributed by atoms with Crippen LogP contribution in [0.1, 0.15) is 25.5 Å². The number of ether oxygens (including phenoxy) is 2. The number of hydrogen-bond donors (Lipinski definition) is 1. The highest BCUT2D eigenvalue weighted by Crippen LogP contribution is 2.34. The Morgan fingerprint density at radius 1 is 1.25 bits per heavy atom. The van der Waals surface area contributed by atoms with Crippen LogP contribution in [0.5, 0.6) is 11.5 Å². The molecule has 1 N–H and O–H groups in total. The summed E-state index contributed by atoms with van der Waals surface area (Å²) < 4.78 is 12.6. The summed E-state index contributed by atoms with van der Waals surface area (Å²) in [5.41, 5.74) is 0.730. The number of hydrogen-bond acceptors (Lipinski definition) is 6. The number of rotatable bonds is 5. The van der Waals surface area contributed by atoms with Crippen LogP contribution in [0, 0.1) is 5.92 Å². The van der Waals surface area contributed by atoms with Crippen molar-refractivity contribution in [2.45, 2.75) is 26.4 Å². The minimum absolute atomic E-state index is 0.0780. The van der Waals surface area contributed by atoms with Crippen molar-refractivity contribution >= 4 is 27.5 Å². The lowest BCUT2D eigenvalue weighted by atomic mass is 9.95. The molecule has 0 bridgehead atoms. The molecule has 1 aliphatic heterocycles. The Morgan fingerprint density at radius 3 is 2.82 bits per heavy atom. The van der Waals surface area contributed by atoms with E-state index in [1.807, 2.05) is 37.4 Å². The van der Waals surface area contributed by atoms with Crippen molar-refractivity contribution in [3.63, 3.8) is 0 Å². The summed E-state index contributed by atoms with van der Waals surface area (Å²) >= 11 is 1.41. The van der Waals surface area contributed by atoms with E-state index in [1.54, 1.807) is 6.07 Å². The summed E-state index contributed by atoms with van der Waals surface area (Å²) in [6, 6.07) is 7.23. The highest BCUT2D eigenvalue weighted by molar-refractivity contribution is 7.16. The van der Waals surface area contributed by atoms with Gasteiger partial charge in [0.25, 0.3) is 5.56 Å². The van der Waals surface area contributed by atoms with Gasteiger partial charge in [-0.15, -0.1) is 11.3 Å². The standard InChI is InChI=1S/C20H21N3O4S/c1-12(2)18(13-3-4-15-16(9-13)27-7-6-26-15)22-17(24)10-23-11-21-19-14(20(23)25)5-8-28-19/h3-5,8-9,11-12,18H,6-7,10H2,1-2H3,(H,22,24). The maximum Gasteiger partial charge on any atom is 0.262 e. The van der Waals surface area contributed by atoms with Crippen LogP contribution < -0.4 is 20.3 Å². The molecule has 28 heavy (non-hydrogen) atoms. The van der Waals surface area contributed by atoms with Crippen molar-refractivity contribution in [3.05, 3.63) is 51.9 Å². The number of thiophene rings is 1. The number of carbonyl (C=O) groups is 1. The van der Waals surface area contributed by atoms with Gasteiger partial charge >= 0.3 is 0 Å². The smallest absolute Gasteiger partial charge is 0.262 e. The largest absolute Gasteiger partial charge is 0.486 e. The number of carbonyl (C=O) groups excluding carboxylic acids is 1. The van der Waals surface area contributed by atoms with Gasteiger partial charge < -0.3 is 14.8 Å². The average molecular weight is 399 g/mol. The molecule has 7 nitrogen and oxygen atoms in total. The lowest BCUT2D eigenvalue weighted by Gasteiger charge is -2.25. The molecule has 8 heteroatoms. The van der Waals surface area contributed by atoms with Crippen LogP contribution in [0.25, 0.3) is 10.2 Å². The van der Waals surface area contributed by atoms with Gasteiger partial charge in [-0.1, -0.05) is 19.9 Å². The topological polar surface area (TPSA) is 82.5 Å². The van der Waals surface area contributed by atoms with E-state index in [1.165, 1.54) is 22.2 Å². The molecule has 0 saturated heterocycles. The van der Waals surface area contributed by atoms with Crippen LogP contribution in [0.15, 0.2) is 40.8 Å². The van der Waals surface area contributed by atoms with Crippen LogP contribution in [-0.4, -0.2) is 28.7 Å². The van der Waals surface area contributed by atoms with Gasteiger partial charge in [-0.05, 0) is 35.1 Å². The van der Waals surface area contributed by atoms with Crippen molar-refractivity contribution < 1.29 is 14.3 Å². The van der Waals surface area contributed by atoms with E-state index in [-0.39, 0.29) is 30.0 Å². The lowest BCUT2D eigenvalue weighted by Crippen LogP contribution is -2.36. The van der Waals surface area contributed by atoms with Gasteiger partial charge in [0.15, 0.2) is 11.5 Å². The van der Waals surface area contributed by atoms with Gasteiger partial charge in [0, 0.05) is 0 Å². The fourth-order valence-corrected chi connectivity index (χ4v) is 3.99. The lowest BCUT2D eigenvalue weighted by molar-refractivity contribution is -0.122. The molecule has 0 spiro atoms. The van der Waals surface area contributed by atoms with Crippen molar-refractivity contribution in [2.24, 2.45) is 5.92 Å². The molecule has 3 heterocycles. The molecule has 146 valence electrons. The maximum absolute atomic E-state index is 12.7. The highest BCUT2D eigenvalue weighted by Gasteiger charge is 2.22. The van der Waals surface area contributed by atoms with Crippen LogP contribution in [0.4, 0.5) is 0 Å². The third-order valence-corrected chi connectivity index (χ3v) is 5.49. The number of fused-ring (bicyclic) bond motifs is 2. The Bertz CT molecular complexity index is 1070. The summed E-state index contributed by atoms with van der Waals surface area (Å²) in [4.78, 5) is 30.1. The van der Waals surface area contributed by atoms with Crippen molar-refractivity contribution in [3.8, 4) is 11.5 Å². The van der Waals surface area contributed by atoms with Crippen LogP contribution in [0.3, 0.4) is 0 Å². The van der Waals surface area contributed by atoms with E-state index in [2.05, 4.69) is 10.3 Å². The number of nitrogens with zero attached hydrogens (tertiary/aromatic N) is 2. The first-order valence-electron chi connectivity index (χ1n) is 9.14. The van der Waals surface area contributed by atoms with E-state index >= 15 is 0 Å². The second kappa shape index (κ2) is 7.63. The number of aromatic nitrogens is 2. The van der Waals surface area contributed by atoms with Gasteiger partial charge in [0.2, 0.25) is 5.91 Å². The van der Waals surface area contributed by atoms with Crippen LogP contribution in [-0.2, 0) is 11.3 Å². The second-order valence-electron chi connectivity index (χ2n) is 7.01. The van der Waals surface area contributed by atoms with Gasteiger partial charge in [-0.25, -0.2) is 4.98 Å². The zero-order valence-corrected chi connectivity index (χ0v) is 16.5. The molecule has 2 aromatic heterocycles. The Hall–Kier alpha value is -2.87. The number of benzene rings is 1. The highest BCUT2D eigenvalue weighted by atomic mass is 32.1. The van der Waals surface area contributed by atoms with E-state index in [0.717, 1.165) is 5.56 Å². The van der Waals surface area contributed by atoms with Gasteiger partial charge in [-0.2, -0.15) is 0 Å². The van der Waals surface area contributed by atoms with E-state index in [9.17, 15) is 9.59 Å². The van der Waals surface area contributed by atoms with Crippen LogP contribution >= 0.6 is 11.3 Å². The zero-order chi connectivity index (χ0) is 19.7. The number of nitrogens with one attached hydrogen (secondary N) is 1. The molecule has 0 saturated carbocycles. The van der Waals surface area contributed by atoms with E-state index in [4.69, 9.17) is 9.47 Å². The molecular formula is C20H21N3O4S. The van der Waals surface area contributed by atoms with Gasteiger partial charge in [-0.3, -0.25) is 14.2 Å². The Labute approximate surface area is 165 Å². The fraction of sp³-hybridized carbons (Fsp3) is 0.350. The summed E-state index contributed by atoms with van der Waals surface area (Å²) in [7, 11) is 0. The summed E-state index contributed by atoms with van der Waals surface area (Å²) in [6.45, 7) is 5.04. The Balaban J connectivity index is 1.53. The van der Waals surface area contributed by atoms with Gasteiger partial charge in [0.05, 0.1) is 17.8 Å². The molecular weight excluding hydrogens is 378 g/mol. The second-order valence-corrected chi connectivity index (χ2v) is 7.90. The molecule has 0 radical (unpaired) electrons. The van der Waals surface area contributed by atoms with Crippen LogP contribution in [0.2, 0.25) is 0 Å². The van der Waals surface area contributed by atoms with Crippen molar-refractivity contribution in [1.82, 2.24) is 14.9 Å². The third-order valence-electron chi connectivity index (χ3n) is 4.67. The van der Waals surface area contributed by atoms with E-state index < -0.39 is 0 Å². The first-order valence-corrected chi connectivity index (χ1v) is 10.0. The molecule has 1 amide bonds. The zero-order valence-electron chi connectivity index (χ0n) is 15.7. The number of amides is 1. The minimum Gasteiger partial charge on any atom is -0.486 e. The molecule has 1 atom stereocenters. The molecule has 3 aromatic rings. The summed E-state index contributed by atoms with van der Waals surface area (Å²) in [5.74, 6) is 1.31. The molecule has 0 fully saturated rings. The first-order chi connectivity index (χ1) is 13.5. The third kappa shape index (κ3) is 3.60. The van der Waals surface area contributed by atoms with Gasteiger partial charge in [0.1, 0.15) is 24.6 Å². The first kappa shape index (κ1) is 18.5. The normalized spacial score (nSPS) is 14.2. The predicted molar refractivity (Wildman–Crippen MR) is 107 cm³/mol. The fourth-order valence-electron chi connectivity index (χ4n) is 3.27. The summed E-state index contributed by atoms with van der Waals surface area (Å²) in [5, 5.41) is 5.39. The van der Waals surface area contributed by atoms with Crippen molar-refractivity contribution in [2.75, 3.05) is 13.2 Å². The van der Waals surface area contributed by atoms with E-state index in [0.29, 0.717) is 34.9 Å². The minimum atomic E-state index is -0.243. The predicted octanol–water partition coefficient (Wildman–Crippen LogP) is 2.74. The quantitative estimate of drug-likeness (QED) is 0.713. The average Bonchev–Trinajstić information content (AvgIpc) is 3.17. The van der Waals surface area contributed by atoms with Crippen molar-refractivity contribution in [1.29, 1.82) is 0 Å². The SMILES string of the molecule is CC(C)C(NC(=O)Cn1cnc2sccc2c1=O)c1ccc2c(c1)OCCO2. The molecule has 4 rings (SSSR count). The monoisotopic (exact) mass is 399 g/mol. The molecule has 1 aliphatic rings. The molecule has 1 aromatic carbocycles.